The van der Waals surface area contributed by atoms with Gasteiger partial charge in [0, 0.05) is 13.1 Å². The molecule has 2 aromatic rings. The molecule has 4 rings (SSSR count). The van der Waals surface area contributed by atoms with Gasteiger partial charge >= 0.3 is 0 Å². The van der Waals surface area contributed by atoms with Crippen molar-refractivity contribution >= 4 is 17.2 Å². The summed E-state index contributed by atoms with van der Waals surface area (Å²) in [6, 6.07) is 10.1. The van der Waals surface area contributed by atoms with E-state index >= 15 is 0 Å². The summed E-state index contributed by atoms with van der Waals surface area (Å²) in [5.41, 5.74) is 3.82. The Labute approximate surface area is 140 Å². The van der Waals surface area contributed by atoms with E-state index < -0.39 is 0 Å². The molecule has 4 nitrogen and oxygen atoms in total. The highest BCUT2D eigenvalue weighted by molar-refractivity contribution is 7.13. The summed E-state index contributed by atoms with van der Waals surface area (Å²) in [6.45, 7) is 3.91. The fourth-order valence-electron chi connectivity index (χ4n) is 3.82. The van der Waals surface area contributed by atoms with Gasteiger partial charge in [-0.3, -0.25) is 4.79 Å². The third-order valence-electron chi connectivity index (χ3n) is 5.20. The van der Waals surface area contributed by atoms with Crippen molar-refractivity contribution in [1.82, 2.24) is 15.2 Å². The van der Waals surface area contributed by atoms with E-state index in [1.54, 1.807) is 16.8 Å². The number of rotatable bonds is 2. The van der Waals surface area contributed by atoms with Crippen LogP contribution in [0.15, 0.2) is 35.8 Å². The van der Waals surface area contributed by atoms with Crippen LogP contribution in [-0.4, -0.2) is 42.0 Å². The normalized spacial score (nSPS) is 20.1. The zero-order valence-corrected chi connectivity index (χ0v) is 13.9. The topological polar surface area (TPSA) is 45.2 Å². The van der Waals surface area contributed by atoms with E-state index in [0.29, 0.717) is 11.1 Å². The van der Waals surface area contributed by atoms with Gasteiger partial charge in [-0.2, -0.15) is 0 Å². The molecule has 0 bridgehead atoms. The predicted molar refractivity (Wildman–Crippen MR) is 92.6 cm³/mol. The Bertz CT molecular complexity index is 691. The second-order valence-corrected chi connectivity index (χ2v) is 7.48. The minimum Gasteiger partial charge on any atom is -0.337 e. The molecule has 0 saturated carbocycles. The summed E-state index contributed by atoms with van der Waals surface area (Å²) in [7, 11) is 0. The summed E-state index contributed by atoms with van der Waals surface area (Å²) in [4.78, 5) is 20.4. The van der Waals surface area contributed by atoms with Gasteiger partial charge < -0.3 is 10.2 Å². The number of hydrogen-bond acceptors (Lipinski definition) is 4. The number of carbonyl (C=O) groups excluding carboxylic acids is 1. The number of thiazole rings is 1. The summed E-state index contributed by atoms with van der Waals surface area (Å²) in [5.74, 6) is 0.0977. The summed E-state index contributed by atoms with van der Waals surface area (Å²) in [6.07, 6.45) is 3.49. The maximum atomic E-state index is 13.0. The smallest absolute Gasteiger partial charge is 0.273 e. The molecule has 1 aromatic heterocycles. The quantitative estimate of drug-likeness (QED) is 0.922. The third kappa shape index (κ3) is 2.79. The predicted octanol–water partition coefficient (Wildman–Crippen LogP) is 3.03. The van der Waals surface area contributed by atoms with Crippen molar-refractivity contribution in [2.24, 2.45) is 5.41 Å². The average molecular weight is 327 g/mol. The van der Waals surface area contributed by atoms with E-state index in [1.165, 1.54) is 12.8 Å². The molecule has 2 fully saturated rings. The molecule has 0 atom stereocenters. The van der Waals surface area contributed by atoms with Gasteiger partial charge in [0.15, 0.2) is 0 Å². The summed E-state index contributed by atoms with van der Waals surface area (Å²) >= 11 is 1.55. The Morgan fingerprint density at radius 2 is 1.96 bits per heavy atom. The lowest BCUT2D eigenvalue weighted by atomic mass is 9.78. The van der Waals surface area contributed by atoms with Crippen LogP contribution in [0.25, 0.3) is 10.4 Å². The second kappa shape index (κ2) is 6.06. The summed E-state index contributed by atoms with van der Waals surface area (Å²) < 4.78 is 0. The van der Waals surface area contributed by atoms with E-state index in [4.69, 9.17) is 0 Å². The zero-order chi connectivity index (χ0) is 15.7. The Kier molecular flexibility index (Phi) is 3.91. The largest absolute Gasteiger partial charge is 0.337 e. The van der Waals surface area contributed by atoms with Crippen molar-refractivity contribution in [1.29, 1.82) is 0 Å². The molecular weight excluding hydrogens is 306 g/mol. The first-order chi connectivity index (χ1) is 11.3. The third-order valence-corrected chi connectivity index (χ3v) is 6.07. The number of hydrogen-bond donors (Lipinski definition) is 1. The molecule has 1 amide bonds. The molecule has 0 radical (unpaired) electrons. The maximum Gasteiger partial charge on any atom is 0.273 e. The number of amides is 1. The minimum atomic E-state index is 0.0977. The van der Waals surface area contributed by atoms with Gasteiger partial charge in [0.05, 0.1) is 10.4 Å². The van der Waals surface area contributed by atoms with Crippen molar-refractivity contribution in [2.45, 2.75) is 19.3 Å². The molecule has 23 heavy (non-hydrogen) atoms. The van der Waals surface area contributed by atoms with Crippen molar-refractivity contribution in [3.05, 3.63) is 41.5 Å². The molecule has 2 aliphatic rings. The van der Waals surface area contributed by atoms with Gasteiger partial charge in [0.2, 0.25) is 0 Å². The van der Waals surface area contributed by atoms with Gasteiger partial charge in [-0.05, 0) is 43.3 Å². The second-order valence-electron chi connectivity index (χ2n) is 6.62. The lowest BCUT2D eigenvalue weighted by Gasteiger charge is -2.33. The lowest BCUT2D eigenvalue weighted by molar-refractivity contribution is 0.0757. The van der Waals surface area contributed by atoms with Crippen LogP contribution in [0, 0.1) is 5.41 Å². The van der Waals surface area contributed by atoms with Crippen LogP contribution in [0.4, 0.5) is 0 Å². The monoisotopic (exact) mass is 327 g/mol. The lowest BCUT2D eigenvalue weighted by Crippen LogP contribution is -2.39. The van der Waals surface area contributed by atoms with Gasteiger partial charge in [-0.25, -0.2) is 4.98 Å². The number of carbonyl (C=O) groups is 1. The molecule has 2 aliphatic heterocycles. The number of piperidine rings is 1. The summed E-state index contributed by atoms with van der Waals surface area (Å²) in [5, 5.41) is 3.42. The molecular formula is C18H21N3OS. The molecule has 0 aliphatic carbocycles. The van der Waals surface area contributed by atoms with E-state index in [-0.39, 0.29) is 5.91 Å². The Morgan fingerprint density at radius 1 is 1.17 bits per heavy atom. The van der Waals surface area contributed by atoms with Crippen LogP contribution < -0.4 is 5.32 Å². The Morgan fingerprint density at radius 3 is 2.74 bits per heavy atom. The highest BCUT2D eigenvalue weighted by atomic mass is 32.1. The van der Waals surface area contributed by atoms with Crippen molar-refractivity contribution < 1.29 is 4.79 Å². The number of nitrogens with zero attached hydrogens (tertiary/aromatic N) is 2. The van der Waals surface area contributed by atoms with Gasteiger partial charge in [0.25, 0.3) is 5.91 Å². The molecule has 0 unspecified atom stereocenters. The highest BCUT2D eigenvalue weighted by Crippen LogP contribution is 2.39. The Balaban J connectivity index is 1.56. The van der Waals surface area contributed by atoms with Crippen LogP contribution in [0.5, 0.6) is 0 Å². The molecule has 2 saturated heterocycles. The van der Waals surface area contributed by atoms with Crippen LogP contribution in [0.2, 0.25) is 0 Å². The first-order valence-electron chi connectivity index (χ1n) is 8.26. The zero-order valence-electron chi connectivity index (χ0n) is 13.1. The molecule has 3 heterocycles. The number of nitrogens with one attached hydrogen (secondary N) is 1. The van der Waals surface area contributed by atoms with Gasteiger partial charge in [-0.1, -0.05) is 30.3 Å². The molecule has 1 N–H and O–H groups in total. The number of likely N-dealkylation sites (tertiary alicyclic amines) is 1. The average Bonchev–Trinajstić information content (AvgIpc) is 3.24. The van der Waals surface area contributed by atoms with E-state index in [1.807, 2.05) is 35.2 Å². The standard InChI is InChI=1S/C18H21N3OS/c22-17(21-11-8-18(12-21)6-9-19-10-7-18)15-16(23-13-20-15)14-4-2-1-3-5-14/h1-5,13,19H,6-12H2. The molecule has 1 aromatic carbocycles. The number of aromatic nitrogens is 1. The van der Waals surface area contributed by atoms with E-state index in [9.17, 15) is 4.79 Å². The first kappa shape index (κ1) is 14.8. The Hall–Kier alpha value is -1.72. The molecule has 5 heteroatoms. The number of benzene rings is 1. The molecule has 120 valence electrons. The fraction of sp³-hybridized carbons (Fsp3) is 0.444. The van der Waals surface area contributed by atoms with Crippen LogP contribution in [0.3, 0.4) is 0 Å². The van der Waals surface area contributed by atoms with Crippen molar-refractivity contribution in [3.63, 3.8) is 0 Å². The highest BCUT2D eigenvalue weighted by Gasteiger charge is 2.41. The first-order valence-corrected chi connectivity index (χ1v) is 9.14. The van der Waals surface area contributed by atoms with Gasteiger partial charge in [-0.15, -0.1) is 11.3 Å². The van der Waals surface area contributed by atoms with Crippen molar-refractivity contribution in [3.8, 4) is 10.4 Å². The van der Waals surface area contributed by atoms with Gasteiger partial charge in [0.1, 0.15) is 5.69 Å². The van der Waals surface area contributed by atoms with Crippen LogP contribution in [-0.2, 0) is 0 Å². The minimum absolute atomic E-state index is 0.0977. The molecule has 1 spiro atoms. The van der Waals surface area contributed by atoms with E-state index in [2.05, 4.69) is 10.3 Å². The van der Waals surface area contributed by atoms with Crippen LogP contribution >= 0.6 is 11.3 Å². The van der Waals surface area contributed by atoms with Crippen molar-refractivity contribution in [2.75, 3.05) is 26.2 Å². The SMILES string of the molecule is O=C(c1ncsc1-c1ccccc1)N1CCC2(CCNCC2)C1. The fourth-order valence-corrected chi connectivity index (χ4v) is 4.60. The maximum absolute atomic E-state index is 13.0. The van der Waals surface area contributed by atoms with E-state index in [0.717, 1.165) is 43.0 Å². The van der Waals surface area contributed by atoms with Crippen LogP contribution in [0.1, 0.15) is 29.8 Å².